The maximum absolute atomic E-state index is 5.59. The van der Waals surface area contributed by atoms with Gasteiger partial charge in [0.25, 0.3) is 0 Å². The van der Waals surface area contributed by atoms with E-state index in [-0.39, 0.29) is 5.54 Å². The predicted molar refractivity (Wildman–Crippen MR) is 81.0 cm³/mol. The monoisotopic (exact) mass is 264 g/mol. The van der Waals surface area contributed by atoms with Gasteiger partial charge in [-0.3, -0.25) is 4.90 Å². The number of nitrogens with zero attached hydrogens (tertiary/aromatic N) is 1. The fourth-order valence-corrected chi connectivity index (χ4v) is 1.90. The molecule has 0 spiro atoms. The van der Waals surface area contributed by atoms with E-state index in [0.29, 0.717) is 6.04 Å². The number of rotatable bonds is 7. The summed E-state index contributed by atoms with van der Waals surface area (Å²) in [5.41, 5.74) is 1.37. The minimum absolute atomic E-state index is 0.119. The zero-order valence-electron chi connectivity index (χ0n) is 13.0. The van der Waals surface area contributed by atoms with Crippen molar-refractivity contribution in [2.24, 2.45) is 0 Å². The Bertz CT molecular complexity index is 388. The van der Waals surface area contributed by atoms with Gasteiger partial charge in [-0.25, -0.2) is 0 Å². The lowest BCUT2D eigenvalue weighted by molar-refractivity contribution is 0.144. The van der Waals surface area contributed by atoms with Crippen LogP contribution in [0.25, 0.3) is 0 Å². The Kier molecular flexibility index (Phi) is 5.83. The third kappa shape index (κ3) is 5.21. The number of nitrogens with one attached hydrogen (secondary N) is 1. The third-order valence-corrected chi connectivity index (χ3v) is 3.17. The van der Waals surface area contributed by atoms with Crippen LogP contribution in [0.4, 0.5) is 0 Å². The van der Waals surface area contributed by atoms with Gasteiger partial charge >= 0.3 is 0 Å². The van der Waals surface area contributed by atoms with Gasteiger partial charge in [0, 0.05) is 30.2 Å². The Morgan fingerprint density at radius 1 is 1.42 bits per heavy atom. The molecule has 0 aliphatic carbocycles. The molecule has 0 atom stereocenters. The van der Waals surface area contributed by atoms with Crippen LogP contribution in [0.1, 0.15) is 45.9 Å². The van der Waals surface area contributed by atoms with Gasteiger partial charge in [0.15, 0.2) is 0 Å². The van der Waals surface area contributed by atoms with Crippen LogP contribution < -0.4 is 5.32 Å². The molecule has 1 N–H and O–H groups in total. The molecule has 1 aromatic rings. The largest absolute Gasteiger partial charge is 0.468 e. The molecule has 0 saturated heterocycles. The lowest BCUT2D eigenvalue weighted by Gasteiger charge is -2.34. The molecule has 1 aromatic heterocycles. The highest BCUT2D eigenvalue weighted by Crippen LogP contribution is 2.20. The minimum atomic E-state index is 0.119. The first-order valence-corrected chi connectivity index (χ1v) is 6.99. The van der Waals surface area contributed by atoms with Gasteiger partial charge in [-0.05, 0) is 26.8 Å². The first kappa shape index (κ1) is 16.0. The van der Waals surface area contributed by atoms with Gasteiger partial charge in [-0.2, -0.15) is 0 Å². The summed E-state index contributed by atoms with van der Waals surface area (Å²) in [5, 5.41) is 3.40. The minimum Gasteiger partial charge on any atom is -0.468 e. The molecule has 0 aliphatic heterocycles. The third-order valence-electron chi connectivity index (χ3n) is 3.17. The fraction of sp³-hybridized carbons (Fsp3) is 0.625. The van der Waals surface area contributed by atoms with E-state index >= 15 is 0 Å². The summed E-state index contributed by atoms with van der Waals surface area (Å²) >= 11 is 0. The molecule has 0 radical (unpaired) electrons. The quantitative estimate of drug-likeness (QED) is 0.763. The summed E-state index contributed by atoms with van der Waals surface area (Å²) in [6, 6.07) is 2.53. The van der Waals surface area contributed by atoms with Crippen LogP contribution in [0.15, 0.2) is 29.4 Å². The molecule has 1 rings (SSSR count). The standard InChI is InChI=1S/C16H28N2O/c1-7-9-18(16(4,5)6)12-14-8-10-19-15(14)11-17-13(2)3/h7-8,10,13,17H,1,9,11-12H2,2-6H3. The summed E-state index contributed by atoms with van der Waals surface area (Å²) in [7, 11) is 0. The van der Waals surface area contributed by atoms with Crippen LogP contribution in [0.2, 0.25) is 0 Å². The maximum atomic E-state index is 5.59. The first-order chi connectivity index (χ1) is 8.84. The summed E-state index contributed by atoms with van der Waals surface area (Å²) in [6.07, 6.45) is 3.73. The molecular weight excluding hydrogens is 236 g/mol. The molecule has 1 heterocycles. The molecule has 0 bridgehead atoms. The van der Waals surface area contributed by atoms with Crippen molar-refractivity contribution in [3.8, 4) is 0 Å². The average molecular weight is 264 g/mol. The van der Waals surface area contributed by atoms with E-state index in [4.69, 9.17) is 4.42 Å². The van der Waals surface area contributed by atoms with Crippen molar-refractivity contribution in [1.29, 1.82) is 0 Å². The van der Waals surface area contributed by atoms with E-state index in [1.807, 2.05) is 6.08 Å². The molecule has 0 amide bonds. The molecule has 3 heteroatoms. The van der Waals surface area contributed by atoms with Crippen molar-refractivity contribution in [3.05, 3.63) is 36.3 Å². The Hall–Kier alpha value is -1.06. The number of furan rings is 1. The summed E-state index contributed by atoms with van der Waals surface area (Å²) in [5.74, 6) is 1.03. The Labute approximate surface area is 117 Å². The van der Waals surface area contributed by atoms with Gasteiger partial charge in [-0.1, -0.05) is 19.9 Å². The second-order valence-electron chi connectivity index (χ2n) is 6.24. The normalized spacial score (nSPS) is 12.4. The second-order valence-corrected chi connectivity index (χ2v) is 6.24. The van der Waals surface area contributed by atoms with Gasteiger partial charge in [0.1, 0.15) is 5.76 Å². The van der Waals surface area contributed by atoms with Crippen LogP contribution in [0.5, 0.6) is 0 Å². The van der Waals surface area contributed by atoms with Crippen molar-refractivity contribution in [2.45, 2.75) is 59.3 Å². The molecule has 19 heavy (non-hydrogen) atoms. The van der Waals surface area contributed by atoms with Gasteiger partial charge in [0.05, 0.1) is 12.8 Å². The Morgan fingerprint density at radius 3 is 2.63 bits per heavy atom. The highest BCUT2D eigenvalue weighted by Gasteiger charge is 2.21. The molecule has 0 aliphatic rings. The van der Waals surface area contributed by atoms with Crippen LogP contribution in [0.3, 0.4) is 0 Å². The van der Waals surface area contributed by atoms with Crippen molar-refractivity contribution in [1.82, 2.24) is 10.2 Å². The van der Waals surface area contributed by atoms with Gasteiger partial charge in [0.2, 0.25) is 0 Å². The lowest BCUT2D eigenvalue weighted by Crippen LogP contribution is -2.41. The topological polar surface area (TPSA) is 28.4 Å². The van der Waals surface area contributed by atoms with Crippen LogP contribution in [-0.4, -0.2) is 23.0 Å². The summed E-state index contributed by atoms with van der Waals surface area (Å²) < 4.78 is 5.59. The highest BCUT2D eigenvalue weighted by molar-refractivity contribution is 5.17. The second kappa shape index (κ2) is 6.92. The van der Waals surface area contributed by atoms with E-state index in [0.717, 1.165) is 25.4 Å². The van der Waals surface area contributed by atoms with Crippen molar-refractivity contribution in [2.75, 3.05) is 6.54 Å². The van der Waals surface area contributed by atoms with Crippen molar-refractivity contribution < 1.29 is 4.42 Å². The first-order valence-electron chi connectivity index (χ1n) is 6.99. The smallest absolute Gasteiger partial charge is 0.122 e. The SMILES string of the molecule is C=CCN(Cc1ccoc1CNC(C)C)C(C)(C)C. The Balaban J connectivity index is 2.74. The van der Waals surface area contributed by atoms with E-state index < -0.39 is 0 Å². The Morgan fingerprint density at radius 2 is 2.11 bits per heavy atom. The summed E-state index contributed by atoms with van der Waals surface area (Å²) in [4.78, 5) is 2.39. The molecule has 0 aromatic carbocycles. The molecular formula is C16H28N2O. The van der Waals surface area contributed by atoms with Gasteiger partial charge in [-0.15, -0.1) is 6.58 Å². The van der Waals surface area contributed by atoms with E-state index in [2.05, 4.69) is 57.5 Å². The van der Waals surface area contributed by atoms with Gasteiger partial charge < -0.3 is 9.73 Å². The van der Waals surface area contributed by atoms with E-state index in [1.165, 1.54) is 5.56 Å². The van der Waals surface area contributed by atoms with Crippen LogP contribution >= 0.6 is 0 Å². The van der Waals surface area contributed by atoms with Crippen LogP contribution in [-0.2, 0) is 13.1 Å². The van der Waals surface area contributed by atoms with Crippen LogP contribution in [0, 0.1) is 0 Å². The fourth-order valence-electron chi connectivity index (χ4n) is 1.90. The molecule has 0 fully saturated rings. The van der Waals surface area contributed by atoms with Crippen molar-refractivity contribution >= 4 is 0 Å². The molecule has 108 valence electrons. The zero-order chi connectivity index (χ0) is 14.5. The average Bonchev–Trinajstić information content (AvgIpc) is 2.72. The number of hydrogen-bond acceptors (Lipinski definition) is 3. The maximum Gasteiger partial charge on any atom is 0.122 e. The highest BCUT2D eigenvalue weighted by atomic mass is 16.3. The lowest BCUT2D eigenvalue weighted by atomic mass is 10.0. The molecule has 0 unspecified atom stereocenters. The van der Waals surface area contributed by atoms with Crippen molar-refractivity contribution in [3.63, 3.8) is 0 Å². The number of hydrogen-bond donors (Lipinski definition) is 1. The van der Waals surface area contributed by atoms with E-state index in [9.17, 15) is 0 Å². The predicted octanol–water partition coefficient (Wildman–Crippen LogP) is 3.56. The zero-order valence-corrected chi connectivity index (χ0v) is 13.0. The molecule has 0 saturated carbocycles. The summed E-state index contributed by atoms with van der Waals surface area (Å²) in [6.45, 7) is 17.4. The van der Waals surface area contributed by atoms with E-state index in [1.54, 1.807) is 6.26 Å². The molecule has 3 nitrogen and oxygen atoms in total.